The highest BCUT2D eigenvalue weighted by Gasteiger charge is 2.20. The second-order valence-corrected chi connectivity index (χ2v) is 7.31. The molecule has 1 heterocycles. The number of phenols is 1. The number of aromatic nitrogens is 1. The lowest BCUT2D eigenvalue weighted by Gasteiger charge is -2.23. The molecule has 1 aromatic heterocycles. The number of anilines is 1. The van der Waals surface area contributed by atoms with Crippen LogP contribution in [0.2, 0.25) is 0 Å². The molecule has 2 N–H and O–H groups in total. The number of benzene rings is 3. The van der Waals surface area contributed by atoms with Gasteiger partial charge in [-0.25, -0.2) is 4.98 Å². The first kappa shape index (κ1) is 18.1. The lowest BCUT2D eigenvalue weighted by Crippen LogP contribution is -2.13. The molecule has 0 fully saturated rings. The lowest BCUT2D eigenvalue weighted by molar-refractivity contribution is 0.471. The fraction of sp³-hybridized carbons (Fsp3) is 0.160. The van der Waals surface area contributed by atoms with Gasteiger partial charge in [-0.1, -0.05) is 54.6 Å². The molecule has 0 radical (unpaired) electrons. The van der Waals surface area contributed by atoms with Gasteiger partial charge >= 0.3 is 0 Å². The third kappa shape index (κ3) is 3.44. The average molecular weight is 368 g/mol. The van der Waals surface area contributed by atoms with Crippen LogP contribution in [0.15, 0.2) is 72.8 Å². The van der Waals surface area contributed by atoms with Crippen LogP contribution >= 0.6 is 0 Å². The normalized spacial score (nSPS) is 12.1. The molecular formula is C25H24N2O. The van der Waals surface area contributed by atoms with Crippen molar-refractivity contribution in [2.45, 2.75) is 26.8 Å². The third-order valence-electron chi connectivity index (χ3n) is 5.27. The van der Waals surface area contributed by atoms with E-state index >= 15 is 0 Å². The van der Waals surface area contributed by atoms with Crippen LogP contribution in [0.1, 0.15) is 34.0 Å². The summed E-state index contributed by atoms with van der Waals surface area (Å²) in [6.45, 7) is 6.16. The summed E-state index contributed by atoms with van der Waals surface area (Å²) < 4.78 is 0. The van der Waals surface area contributed by atoms with E-state index in [-0.39, 0.29) is 11.8 Å². The first-order chi connectivity index (χ1) is 13.5. The van der Waals surface area contributed by atoms with Gasteiger partial charge in [-0.05, 0) is 55.7 Å². The quantitative estimate of drug-likeness (QED) is 0.460. The summed E-state index contributed by atoms with van der Waals surface area (Å²) in [6.07, 6.45) is 0. The van der Waals surface area contributed by atoms with Gasteiger partial charge in [0.2, 0.25) is 0 Å². The fourth-order valence-corrected chi connectivity index (χ4v) is 3.50. The van der Waals surface area contributed by atoms with Crippen LogP contribution in [0.3, 0.4) is 0 Å². The van der Waals surface area contributed by atoms with Crippen molar-refractivity contribution in [3.05, 3.63) is 101 Å². The van der Waals surface area contributed by atoms with E-state index < -0.39 is 0 Å². The molecule has 0 aliphatic rings. The van der Waals surface area contributed by atoms with Crippen molar-refractivity contribution in [1.82, 2.24) is 4.98 Å². The summed E-state index contributed by atoms with van der Waals surface area (Å²) in [5.41, 5.74) is 6.94. The molecule has 140 valence electrons. The van der Waals surface area contributed by atoms with E-state index in [0.29, 0.717) is 5.52 Å². The molecule has 1 atom stereocenters. The van der Waals surface area contributed by atoms with Crippen LogP contribution < -0.4 is 5.32 Å². The number of pyridine rings is 1. The molecule has 0 spiro atoms. The van der Waals surface area contributed by atoms with E-state index in [1.165, 1.54) is 11.1 Å². The third-order valence-corrected chi connectivity index (χ3v) is 5.27. The number of nitrogens with one attached hydrogen (secondary N) is 1. The maximum absolute atomic E-state index is 11.1. The second-order valence-electron chi connectivity index (χ2n) is 7.31. The Bertz CT molecular complexity index is 1140. The molecule has 0 aliphatic carbocycles. The topological polar surface area (TPSA) is 45.1 Å². The number of nitrogens with zero attached hydrogens (tertiary/aromatic N) is 1. The number of fused-ring (bicyclic) bond motifs is 1. The van der Waals surface area contributed by atoms with Crippen molar-refractivity contribution in [1.29, 1.82) is 0 Å². The zero-order chi connectivity index (χ0) is 19.7. The Morgan fingerprint density at radius 2 is 1.57 bits per heavy atom. The Balaban J connectivity index is 1.85. The van der Waals surface area contributed by atoms with E-state index in [2.05, 4.69) is 54.5 Å². The molecule has 4 aromatic rings. The van der Waals surface area contributed by atoms with E-state index in [1.807, 2.05) is 49.4 Å². The molecule has 0 aliphatic heterocycles. The molecule has 3 heteroatoms. The highest BCUT2D eigenvalue weighted by Crippen LogP contribution is 2.36. The summed E-state index contributed by atoms with van der Waals surface area (Å²) in [4.78, 5) is 4.57. The van der Waals surface area contributed by atoms with Crippen molar-refractivity contribution in [2.75, 3.05) is 5.32 Å². The van der Waals surface area contributed by atoms with Crippen molar-refractivity contribution in [3.8, 4) is 5.75 Å². The van der Waals surface area contributed by atoms with Gasteiger partial charge in [-0.3, -0.25) is 0 Å². The molecule has 0 amide bonds. The highest BCUT2D eigenvalue weighted by molar-refractivity contribution is 5.86. The molecule has 28 heavy (non-hydrogen) atoms. The van der Waals surface area contributed by atoms with E-state index in [4.69, 9.17) is 0 Å². The van der Waals surface area contributed by atoms with Crippen molar-refractivity contribution >= 4 is 16.6 Å². The van der Waals surface area contributed by atoms with Gasteiger partial charge in [0.15, 0.2) is 0 Å². The fourth-order valence-electron chi connectivity index (χ4n) is 3.50. The predicted octanol–water partition coefficient (Wildman–Crippen LogP) is 6.07. The van der Waals surface area contributed by atoms with Crippen molar-refractivity contribution in [3.63, 3.8) is 0 Å². The Kier molecular flexibility index (Phi) is 4.74. The minimum absolute atomic E-state index is 0.185. The Morgan fingerprint density at radius 3 is 2.32 bits per heavy atom. The smallest absolute Gasteiger partial charge is 0.147 e. The number of aromatic hydroxyl groups is 1. The van der Waals surface area contributed by atoms with Gasteiger partial charge in [0.25, 0.3) is 0 Å². The molecule has 4 rings (SSSR count). The van der Waals surface area contributed by atoms with Crippen LogP contribution in [-0.4, -0.2) is 10.1 Å². The van der Waals surface area contributed by atoms with Gasteiger partial charge in [0.1, 0.15) is 11.3 Å². The van der Waals surface area contributed by atoms with E-state index in [1.54, 1.807) is 0 Å². The van der Waals surface area contributed by atoms with Crippen LogP contribution in [0, 0.1) is 20.8 Å². The monoisotopic (exact) mass is 368 g/mol. The lowest BCUT2D eigenvalue weighted by atomic mass is 9.95. The maximum atomic E-state index is 11.1. The van der Waals surface area contributed by atoms with Crippen molar-refractivity contribution < 1.29 is 5.11 Å². The summed E-state index contributed by atoms with van der Waals surface area (Å²) >= 11 is 0. The van der Waals surface area contributed by atoms with E-state index in [0.717, 1.165) is 27.9 Å². The zero-order valence-electron chi connectivity index (χ0n) is 16.4. The van der Waals surface area contributed by atoms with Crippen LogP contribution in [-0.2, 0) is 0 Å². The summed E-state index contributed by atoms with van der Waals surface area (Å²) in [5.74, 6) is 0.228. The van der Waals surface area contributed by atoms with Gasteiger partial charge in [-0.15, -0.1) is 0 Å². The summed E-state index contributed by atoms with van der Waals surface area (Å²) in [5, 5.41) is 15.6. The number of aryl methyl sites for hydroxylation is 3. The first-order valence-corrected chi connectivity index (χ1v) is 9.51. The molecule has 3 nitrogen and oxygen atoms in total. The summed E-state index contributed by atoms with van der Waals surface area (Å²) in [7, 11) is 0. The Hall–Kier alpha value is -3.33. The van der Waals surface area contributed by atoms with Gasteiger partial charge < -0.3 is 10.4 Å². The molecule has 0 saturated carbocycles. The van der Waals surface area contributed by atoms with E-state index in [9.17, 15) is 5.11 Å². The molecule has 0 bridgehead atoms. The van der Waals surface area contributed by atoms with Gasteiger partial charge in [0.05, 0.1) is 6.04 Å². The van der Waals surface area contributed by atoms with Gasteiger partial charge in [-0.2, -0.15) is 0 Å². The maximum Gasteiger partial charge on any atom is 0.147 e. The Labute approximate surface area is 165 Å². The molecule has 1 unspecified atom stereocenters. The molecular weight excluding hydrogens is 344 g/mol. The highest BCUT2D eigenvalue weighted by atomic mass is 16.3. The number of hydrogen-bond donors (Lipinski definition) is 2. The standard InChI is InChI=1S/C25H24N2O/c1-16-9-13-21(15-17(16)2)27-23(19-7-5-4-6-8-19)22-14-12-20-11-10-18(3)26-24(20)25(22)28/h4-15,23,27-28H,1-3H3. The number of phenolic OH excluding ortho intramolecular Hbond substituents is 1. The number of rotatable bonds is 4. The summed E-state index contributed by atoms with van der Waals surface area (Å²) in [6, 6.07) is 24.3. The van der Waals surface area contributed by atoms with Crippen LogP contribution in [0.4, 0.5) is 5.69 Å². The first-order valence-electron chi connectivity index (χ1n) is 9.51. The minimum Gasteiger partial charge on any atom is -0.505 e. The average Bonchev–Trinajstić information content (AvgIpc) is 2.71. The minimum atomic E-state index is -0.185. The zero-order valence-corrected chi connectivity index (χ0v) is 16.4. The largest absolute Gasteiger partial charge is 0.505 e. The molecule has 0 saturated heterocycles. The van der Waals surface area contributed by atoms with Gasteiger partial charge in [0, 0.05) is 22.3 Å². The van der Waals surface area contributed by atoms with Crippen LogP contribution in [0.25, 0.3) is 10.9 Å². The van der Waals surface area contributed by atoms with Crippen molar-refractivity contribution in [2.24, 2.45) is 0 Å². The predicted molar refractivity (Wildman–Crippen MR) is 116 cm³/mol. The molecule has 3 aromatic carbocycles. The second kappa shape index (κ2) is 7.35. The SMILES string of the molecule is Cc1ccc2ccc(C(Nc3ccc(C)c(C)c3)c3ccccc3)c(O)c2n1. The number of hydrogen-bond acceptors (Lipinski definition) is 3. The van der Waals surface area contributed by atoms with Crippen LogP contribution in [0.5, 0.6) is 5.75 Å². The Morgan fingerprint density at radius 1 is 0.821 bits per heavy atom.